The average molecular weight is 379 g/mol. The van der Waals surface area contributed by atoms with Crippen LogP contribution in [-0.2, 0) is 14.6 Å². The third kappa shape index (κ3) is 3.45. The zero-order chi connectivity index (χ0) is 18.2. The Balaban J connectivity index is 2.21. The van der Waals surface area contributed by atoms with Crippen LogP contribution in [0.15, 0.2) is 50.9 Å². The van der Waals surface area contributed by atoms with Gasteiger partial charge in [-0.25, -0.2) is 8.42 Å². The number of nitrogens with one attached hydrogen (secondary N) is 1. The first-order valence-electron chi connectivity index (χ1n) is 6.45. The van der Waals surface area contributed by atoms with Crippen molar-refractivity contribution in [3.63, 3.8) is 0 Å². The molecule has 10 heteroatoms. The monoisotopic (exact) mass is 379 g/mol. The number of rotatable bonds is 4. The number of benzene rings is 1. The highest BCUT2D eigenvalue weighted by molar-refractivity contribution is 7.93. The van der Waals surface area contributed by atoms with Crippen molar-refractivity contribution < 1.29 is 31.5 Å². The molecule has 24 heavy (non-hydrogen) atoms. The minimum atomic E-state index is -5.14. The van der Waals surface area contributed by atoms with E-state index in [1.54, 1.807) is 11.4 Å². The van der Waals surface area contributed by atoms with E-state index in [2.05, 4.69) is 0 Å². The molecule has 1 atom stereocenters. The number of hydrogen-bond donors (Lipinski definition) is 2. The summed E-state index contributed by atoms with van der Waals surface area (Å²) in [5.74, 6) is -1.66. The zero-order valence-corrected chi connectivity index (χ0v) is 13.8. The molecule has 130 valence electrons. The van der Waals surface area contributed by atoms with Gasteiger partial charge in [-0.2, -0.15) is 13.2 Å². The van der Waals surface area contributed by atoms with Crippen LogP contribution in [0.25, 0.3) is 0 Å². The van der Waals surface area contributed by atoms with Crippen molar-refractivity contribution in [3.8, 4) is 0 Å². The molecule has 0 aliphatic carbocycles. The first-order valence-corrected chi connectivity index (χ1v) is 8.82. The summed E-state index contributed by atoms with van der Waals surface area (Å²) in [5.41, 5.74) is -3.64. The Labute approximate surface area is 139 Å². The van der Waals surface area contributed by atoms with Crippen molar-refractivity contribution in [1.82, 2.24) is 0 Å². The van der Waals surface area contributed by atoms with Gasteiger partial charge in [-0.15, -0.1) is 11.3 Å². The summed E-state index contributed by atoms with van der Waals surface area (Å²) >= 11 is 1.03. The maximum absolute atomic E-state index is 12.6. The molecule has 0 saturated carbocycles. The Kier molecular flexibility index (Phi) is 4.75. The van der Waals surface area contributed by atoms with Gasteiger partial charge in [-0.05, 0) is 42.6 Å². The molecule has 1 aromatic heterocycles. The number of hydrogen-bond acceptors (Lipinski definition) is 5. The predicted molar refractivity (Wildman–Crippen MR) is 81.5 cm³/mol. The van der Waals surface area contributed by atoms with Crippen LogP contribution >= 0.6 is 11.3 Å². The van der Waals surface area contributed by atoms with E-state index < -0.39 is 27.5 Å². The fourth-order valence-corrected chi connectivity index (χ4v) is 4.03. The molecule has 2 N–H and O–H groups in total. The molecule has 2 rings (SSSR count). The second-order valence-electron chi connectivity index (χ2n) is 4.98. The highest BCUT2D eigenvalue weighted by atomic mass is 32.2. The van der Waals surface area contributed by atoms with Crippen molar-refractivity contribution in [2.24, 2.45) is 0 Å². The van der Waals surface area contributed by atoms with Crippen LogP contribution in [0.1, 0.15) is 6.92 Å². The lowest BCUT2D eigenvalue weighted by molar-refractivity contribution is -0.242. The summed E-state index contributed by atoms with van der Waals surface area (Å²) in [7, 11) is -3.72. The zero-order valence-electron chi connectivity index (χ0n) is 12.2. The smallest absolute Gasteiger partial charge is 0.373 e. The van der Waals surface area contributed by atoms with E-state index >= 15 is 0 Å². The number of halogens is 3. The lowest BCUT2D eigenvalue weighted by atomic mass is 10.1. The highest BCUT2D eigenvalue weighted by Crippen LogP contribution is 2.31. The Morgan fingerprint density at radius 2 is 1.75 bits per heavy atom. The van der Waals surface area contributed by atoms with E-state index in [4.69, 9.17) is 0 Å². The van der Waals surface area contributed by atoms with Gasteiger partial charge in [0.15, 0.2) is 0 Å². The predicted octanol–water partition coefficient (Wildman–Crippen LogP) is 2.83. The Morgan fingerprint density at radius 3 is 2.21 bits per heavy atom. The highest BCUT2D eigenvalue weighted by Gasteiger charge is 2.55. The second kappa shape index (κ2) is 6.19. The molecule has 1 unspecified atom stereocenters. The van der Waals surface area contributed by atoms with Gasteiger partial charge in [0.1, 0.15) is 4.21 Å². The fraction of sp³-hybridized carbons (Fsp3) is 0.214. The second-order valence-corrected chi connectivity index (χ2v) is 8.11. The van der Waals surface area contributed by atoms with E-state index in [-0.39, 0.29) is 14.8 Å². The van der Waals surface area contributed by atoms with Gasteiger partial charge in [0.25, 0.3) is 5.91 Å². The molecule has 5 nitrogen and oxygen atoms in total. The lowest BCUT2D eigenvalue weighted by Gasteiger charge is -2.24. The van der Waals surface area contributed by atoms with Crippen molar-refractivity contribution >= 4 is 32.8 Å². The molecule has 1 amide bonds. The largest absolute Gasteiger partial charge is 0.426 e. The fourth-order valence-electron chi connectivity index (χ4n) is 1.63. The van der Waals surface area contributed by atoms with Gasteiger partial charge >= 0.3 is 6.18 Å². The van der Waals surface area contributed by atoms with Crippen LogP contribution in [-0.4, -0.2) is 31.2 Å². The first kappa shape index (κ1) is 18.4. The van der Waals surface area contributed by atoms with E-state index in [1.165, 1.54) is 6.07 Å². The molecule has 0 spiro atoms. The van der Waals surface area contributed by atoms with E-state index in [9.17, 15) is 31.5 Å². The normalized spacial score (nSPS) is 14.9. The van der Waals surface area contributed by atoms with E-state index in [1.807, 2.05) is 5.32 Å². The maximum Gasteiger partial charge on any atom is 0.426 e. The summed E-state index contributed by atoms with van der Waals surface area (Å²) in [4.78, 5) is 11.5. The first-order chi connectivity index (χ1) is 11.0. The van der Waals surface area contributed by atoms with Crippen molar-refractivity contribution in [1.29, 1.82) is 0 Å². The molecule has 0 radical (unpaired) electrons. The number of carbonyl (C=O) groups is 1. The molecule has 0 fully saturated rings. The van der Waals surface area contributed by atoms with Crippen molar-refractivity contribution in [2.45, 2.75) is 27.8 Å². The molecular weight excluding hydrogens is 367 g/mol. The topological polar surface area (TPSA) is 83.5 Å². The van der Waals surface area contributed by atoms with Gasteiger partial charge in [-0.3, -0.25) is 4.79 Å². The average Bonchev–Trinajstić information content (AvgIpc) is 3.01. The van der Waals surface area contributed by atoms with Crippen LogP contribution < -0.4 is 5.32 Å². The summed E-state index contributed by atoms with van der Waals surface area (Å²) in [6.45, 7) is 0.331. The third-order valence-electron chi connectivity index (χ3n) is 3.18. The minimum Gasteiger partial charge on any atom is -0.373 e. The number of aliphatic hydroxyl groups is 1. The molecule has 2 aromatic rings. The quantitative estimate of drug-likeness (QED) is 0.856. The number of thiophene rings is 1. The Hall–Kier alpha value is -1.91. The van der Waals surface area contributed by atoms with E-state index in [0.717, 1.165) is 35.6 Å². The molecule has 0 saturated heterocycles. The van der Waals surface area contributed by atoms with Gasteiger partial charge in [0.2, 0.25) is 15.4 Å². The third-order valence-corrected chi connectivity index (χ3v) is 6.34. The molecule has 0 aliphatic heterocycles. The SMILES string of the molecule is CC(O)(C(=O)Nc1ccc(S(=O)(=O)c2cccs2)cc1)C(F)(F)F. The number of alkyl halides is 3. The molecule has 1 aromatic carbocycles. The standard InChI is InChI=1S/C14H12F3NO4S2/c1-13(20,14(15,16)17)12(19)18-9-4-6-10(7-5-9)24(21,22)11-3-2-8-23-11/h2-8,20H,1H3,(H,18,19). The molecule has 1 heterocycles. The summed E-state index contributed by atoms with van der Waals surface area (Å²) in [5, 5.41) is 12.8. The lowest BCUT2D eigenvalue weighted by Crippen LogP contribution is -2.52. The van der Waals surface area contributed by atoms with Gasteiger partial charge in [0.05, 0.1) is 4.90 Å². The molecule has 0 aliphatic rings. The Bertz CT molecular complexity index is 826. The number of amides is 1. The summed E-state index contributed by atoms with van der Waals surface area (Å²) < 4.78 is 62.4. The molecule has 0 bridgehead atoms. The Morgan fingerprint density at radius 1 is 1.17 bits per heavy atom. The van der Waals surface area contributed by atoms with Crippen LogP contribution in [0, 0.1) is 0 Å². The number of sulfone groups is 1. The van der Waals surface area contributed by atoms with Crippen LogP contribution in [0.3, 0.4) is 0 Å². The van der Waals surface area contributed by atoms with Gasteiger partial charge in [0, 0.05) is 5.69 Å². The summed E-state index contributed by atoms with van der Waals surface area (Å²) in [6.07, 6.45) is -5.14. The van der Waals surface area contributed by atoms with Crippen LogP contribution in [0.5, 0.6) is 0 Å². The van der Waals surface area contributed by atoms with Crippen molar-refractivity contribution in [3.05, 3.63) is 41.8 Å². The maximum atomic E-state index is 12.6. The number of carbonyl (C=O) groups excluding carboxylic acids is 1. The van der Waals surface area contributed by atoms with Gasteiger partial charge in [-0.1, -0.05) is 6.07 Å². The summed E-state index contributed by atoms with van der Waals surface area (Å²) in [6, 6.07) is 7.61. The van der Waals surface area contributed by atoms with E-state index in [0.29, 0.717) is 6.92 Å². The minimum absolute atomic E-state index is 0.0643. The molecular formula is C14H12F3NO4S2. The van der Waals surface area contributed by atoms with Gasteiger partial charge < -0.3 is 10.4 Å². The van der Waals surface area contributed by atoms with Crippen molar-refractivity contribution in [2.75, 3.05) is 5.32 Å². The van der Waals surface area contributed by atoms with Crippen LogP contribution in [0.4, 0.5) is 18.9 Å². The van der Waals surface area contributed by atoms with Crippen LogP contribution in [0.2, 0.25) is 0 Å². The number of anilines is 1.